The molecule has 0 unspecified atom stereocenters. The quantitative estimate of drug-likeness (QED) is 0.816. The van der Waals surface area contributed by atoms with E-state index >= 15 is 0 Å². The fraction of sp³-hybridized carbons (Fsp3) is 0.188. The Morgan fingerprint density at radius 3 is 2.67 bits per heavy atom. The molecule has 0 aliphatic carbocycles. The SMILES string of the molecule is O=C(Nc1cccc(CCCCl)c1)c1ccc(F)cc1F. The van der Waals surface area contributed by atoms with Gasteiger partial charge in [0.15, 0.2) is 0 Å². The van der Waals surface area contributed by atoms with E-state index in [0.29, 0.717) is 17.6 Å². The van der Waals surface area contributed by atoms with Gasteiger partial charge < -0.3 is 5.32 Å². The van der Waals surface area contributed by atoms with Gasteiger partial charge in [-0.1, -0.05) is 12.1 Å². The van der Waals surface area contributed by atoms with Gasteiger partial charge >= 0.3 is 0 Å². The molecule has 0 saturated heterocycles. The molecular weight excluding hydrogens is 296 g/mol. The van der Waals surface area contributed by atoms with Crippen LogP contribution in [0.5, 0.6) is 0 Å². The first-order chi connectivity index (χ1) is 10.1. The number of rotatable bonds is 5. The highest BCUT2D eigenvalue weighted by Gasteiger charge is 2.12. The summed E-state index contributed by atoms with van der Waals surface area (Å²) in [5.41, 5.74) is 1.41. The molecule has 2 aromatic rings. The monoisotopic (exact) mass is 309 g/mol. The Morgan fingerprint density at radius 1 is 1.14 bits per heavy atom. The number of amides is 1. The molecule has 0 atom stereocenters. The first-order valence-electron chi connectivity index (χ1n) is 6.51. The van der Waals surface area contributed by atoms with Crippen LogP contribution in [-0.2, 0) is 6.42 Å². The van der Waals surface area contributed by atoms with Crippen molar-refractivity contribution in [1.29, 1.82) is 0 Å². The lowest BCUT2D eigenvalue weighted by atomic mass is 10.1. The van der Waals surface area contributed by atoms with Gasteiger partial charge in [-0.15, -0.1) is 11.6 Å². The van der Waals surface area contributed by atoms with Gasteiger partial charge in [-0.3, -0.25) is 4.79 Å². The molecule has 0 aromatic heterocycles. The van der Waals surface area contributed by atoms with Crippen molar-refractivity contribution in [2.45, 2.75) is 12.8 Å². The first kappa shape index (κ1) is 15.4. The number of aryl methyl sites for hydroxylation is 1. The maximum atomic E-state index is 13.5. The van der Waals surface area contributed by atoms with Gasteiger partial charge in [-0.25, -0.2) is 8.78 Å². The molecule has 1 amide bonds. The molecule has 21 heavy (non-hydrogen) atoms. The minimum Gasteiger partial charge on any atom is -0.322 e. The number of benzene rings is 2. The average Bonchev–Trinajstić information content (AvgIpc) is 2.45. The number of hydrogen-bond donors (Lipinski definition) is 1. The van der Waals surface area contributed by atoms with Gasteiger partial charge in [0.1, 0.15) is 11.6 Å². The largest absolute Gasteiger partial charge is 0.322 e. The van der Waals surface area contributed by atoms with Crippen LogP contribution >= 0.6 is 11.6 Å². The predicted octanol–water partition coefficient (Wildman–Crippen LogP) is 4.39. The molecule has 2 nitrogen and oxygen atoms in total. The number of anilines is 1. The van der Waals surface area contributed by atoms with Crippen molar-refractivity contribution in [2.24, 2.45) is 0 Å². The molecule has 0 aliphatic rings. The number of hydrogen-bond acceptors (Lipinski definition) is 1. The van der Waals surface area contributed by atoms with E-state index in [1.807, 2.05) is 12.1 Å². The lowest BCUT2D eigenvalue weighted by Crippen LogP contribution is -2.14. The van der Waals surface area contributed by atoms with Gasteiger partial charge in [0.2, 0.25) is 0 Å². The molecule has 2 rings (SSSR count). The minimum absolute atomic E-state index is 0.192. The van der Waals surface area contributed by atoms with E-state index in [-0.39, 0.29) is 5.56 Å². The Hall–Kier alpha value is -1.94. The van der Waals surface area contributed by atoms with Crippen molar-refractivity contribution >= 4 is 23.2 Å². The van der Waals surface area contributed by atoms with E-state index in [1.165, 1.54) is 0 Å². The maximum absolute atomic E-state index is 13.5. The zero-order valence-corrected chi connectivity index (χ0v) is 12.0. The topological polar surface area (TPSA) is 29.1 Å². The molecule has 0 aliphatic heterocycles. The van der Waals surface area contributed by atoms with Crippen molar-refractivity contribution in [3.05, 3.63) is 65.2 Å². The minimum atomic E-state index is -0.884. The summed E-state index contributed by atoms with van der Waals surface area (Å²) in [4.78, 5) is 12.0. The van der Waals surface area contributed by atoms with Crippen molar-refractivity contribution < 1.29 is 13.6 Å². The van der Waals surface area contributed by atoms with Crippen LogP contribution in [0.2, 0.25) is 0 Å². The molecule has 1 N–H and O–H groups in total. The van der Waals surface area contributed by atoms with E-state index in [2.05, 4.69) is 5.32 Å². The predicted molar refractivity (Wildman–Crippen MR) is 79.8 cm³/mol. The zero-order valence-electron chi connectivity index (χ0n) is 11.2. The average molecular weight is 310 g/mol. The molecule has 110 valence electrons. The summed E-state index contributed by atoms with van der Waals surface area (Å²) >= 11 is 5.64. The van der Waals surface area contributed by atoms with Crippen molar-refractivity contribution in [3.8, 4) is 0 Å². The van der Waals surface area contributed by atoms with Crippen LogP contribution in [0.25, 0.3) is 0 Å². The summed E-state index contributed by atoms with van der Waals surface area (Å²) < 4.78 is 26.4. The second-order valence-electron chi connectivity index (χ2n) is 4.57. The Bertz CT molecular complexity index is 646. The Kier molecular flexibility index (Phi) is 5.28. The van der Waals surface area contributed by atoms with Gasteiger partial charge in [0.05, 0.1) is 5.56 Å². The van der Waals surface area contributed by atoms with E-state index in [9.17, 15) is 13.6 Å². The molecule has 0 saturated carbocycles. The van der Waals surface area contributed by atoms with Gasteiger partial charge in [0.25, 0.3) is 5.91 Å². The third kappa shape index (κ3) is 4.26. The van der Waals surface area contributed by atoms with E-state index in [4.69, 9.17) is 11.6 Å². The number of carbonyl (C=O) groups excluding carboxylic acids is 1. The highest BCUT2D eigenvalue weighted by Crippen LogP contribution is 2.16. The molecular formula is C16H14ClF2NO. The van der Waals surface area contributed by atoms with Gasteiger partial charge in [0, 0.05) is 17.6 Å². The van der Waals surface area contributed by atoms with Crippen LogP contribution in [0.1, 0.15) is 22.3 Å². The van der Waals surface area contributed by atoms with Crippen molar-refractivity contribution in [1.82, 2.24) is 0 Å². The summed E-state index contributed by atoms with van der Waals surface area (Å²) in [5, 5.41) is 2.60. The zero-order chi connectivity index (χ0) is 15.2. The third-order valence-electron chi connectivity index (χ3n) is 2.96. The standard InChI is InChI=1S/C16H14ClF2NO/c17-8-2-4-11-3-1-5-13(9-11)20-16(21)14-7-6-12(18)10-15(14)19/h1,3,5-7,9-10H,2,4,8H2,(H,20,21). The summed E-state index contributed by atoms with van der Waals surface area (Å²) in [7, 11) is 0. The summed E-state index contributed by atoms with van der Waals surface area (Å²) in [6, 6.07) is 10.1. The molecule has 2 aromatic carbocycles. The summed E-state index contributed by atoms with van der Waals surface area (Å²) in [5.74, 6) is -1.64. The van der Waals surface area contributed by atoms with Crippen LogP contribution in [0.4, 0.5) is 14.5 Å². The highest BCUT2D eigenvalue weighted by atomic mass is 35.5. The summed E-state index contributed by atoms with van der Waals surface area (Å²) in [6.07, 6.45) is 1.64. The van der Waals surface area contributed by atoms with E-state index < -0.39 is 17.5 Å². The molecule has 0 radical (unpaired) electrons. The molecule has 0 spiro atoms. The van der Waals surface area contributed by atoms with E-state index in [1.54, 1.807) is 12.1 Å². The normalized spacial score (nSPS) is 10.4. The number of carbonyl (C=O) groups is 1. The molecule has 0 bridgehead atoms. The van der Waals surface area contributed by atoms with E-state index in [0.717, 1.165) is 30.5 Å². The second-order valence-corrected chi connectivity index (χ2v) is 4.95. The first-order valence-corrected chi connectivity index (χ1v) is 7.05. The lowest BCUT2D eigenvalue weighted by Gasteiger charge is -2.08. The van der Waals surface area contributed by atoms with Crippen LogP contribution in [0, 0.1) is 11.6 Å². The fourth-order valence-electron chi connectivity index (χ4n) is 1.95. The van der Waals surface area contributed by atoms with Crippen molar-refractivity contribution in [2.75, 3.05) is 11.2 Å². The van der Waals surface area contributed by atoms with Crippen LogP contribution < -0.4 is 5.32 Å². The van der Waals surface area contributed by atoms with Crippen LogP contribution in [-0.4, -0.2) is 11.8 Å². The van der Waals surface area contributed by atoms with Gasteiger partial charge in [-0.05, 0) is 42.7 Å². The number of halogens is 3. The number of nitrogens with one attached hydrogen (secondary N) is 1. The third-order valence-corrected chi connectivity index (χ3v) is 3.23. The Balaban J connectivity index is 2.12. The Labute approximate surface area is 126 Å². The van der Waals surface area contributed by atoms with Gasteiger partial charge in [-0.2, -0.15) is 0 Å². The smallest absolute Gasteiger partial charge is 0.258 e. The van der Waals surface area contributed by atoms with Crippen LogP contribution in [0.15, 0.2) is 42.5 Å². The molecule has 0 heterocycles. The fourth-order valence-corrected chi connectivity index (χ4v) is 2.08. The highest BCUT2D eigenvalue weighted by molar-refractivity contribution is 6.17. The van der Waals surface area contributed by atoms with Crippen LogP contribution in [0.3, 0.4) is 0 Å². The second kappa shape index (κ2) is 7.18. The Morgan fingerprint density at radius 2 is 1.95 bits per heavy atom. The molecule has 0 fully saturated rings. The van der Waals surface area contributed by atoms with Crippen molar-refractivity contribution in [3.63, 3.8) is 0 Å². The summed E-state index contributed by atoms with van der Waals surface area (Å²) in [6.45, 7) is 0. The maximum Gasteiger partial charge on any atom is 0.258 e. The molecule has 5 heteroatoms. The lowest BCUT2D eigenvalue weighted by molar-refractivity contribution is 0.102. The number of alkyl halides is 1.